The molecule has 3 aliphatic heterocycles. The van der Waals surface area contributed by atoms with Crippen LogP contribution in [0.5, 0.6) is 0 Å². The standard InChI is InChI=1S/C87H96BN3/c1-79(2,3)58-33-39-72(63(47-58)55-27-21-19-22-28-55)90-74-52-62(91-73-40-34-59(80(4,5)6)48-69(73)87(57-30-23-20-24-31-57)42-41-56-29-25-26-32-64(56)86(87,91)18)36-38-70(74)88-71-53-67-68(85(16,17)46-45-84(67,14)15)54-75(71)89(76-49-60(81(7,8)9)50-77(90)78(76)88)61-35-37-65-66(51-61)83(12,13)44-43-82(65,10)11/h19-40,47-54H,41-46H2,1-18H3. The number of anilines is 8. The van der Waals surface area contributed by atoms with E-state index in [0.29, 0.717) is 0 Å². The topological polar surface area (TPSA) is 9.72 Å². The van der Waals surface area contributed by atoms with Crippen LogP contribution in [-0.4, -0.2) is 6.71 Å². The Labute approximate surface area is 546 Å². The molecule has 9 aromatic carbocycles. The molecule has 4 heteroatoms. The van der Waals surface area contributed by atoms with E-state index in [2.05, 4.69) is 321 Å². The molecule has 0 amide bonds. The van der Waals surface area contributed by atoms with E-state index in [-0.39, 0.29) is 50.0 Å². The minimum absolute atomic E-state index is 0.00215. The molecule has 0 spiro atoms. The minimum Gasteiger partial charge on any atom is -0.330 e. The molecule has 0 aromatic heterocycles. The van der Waals surface area contributed by atoms with Gasteiger partial charge in [0.15, 0.2) is 0 Å². The number of rotatable bonds is 5. The van der Waals surface area contributed by atoms with Crippen LogP contribution in [-0.2, 0) is 55.3 Å². The quantitative estimate of drug-likeness (QED) is 0.159. The van der Waals surface area contributed by atoms with Crippen molar-refractivity contribution in [1.82, 2.24) is 0 Å². The Balaban J connectivity index is 1.09. The maximum atomic E-state index is 2.82. The Morgan fingerprint density at radius 1 is 0.352 bits per heavy atom. The molecule has 0 fully saturated rings. The van der Waals surface area contributed by atoms with Gasteiger partial charge in [-0.15, -0.1) is 0 Å². The Morgan fingerprint density at radius 3 is 1.52 bits per heavy atom. The molecule has 0 N–H and O–H groups in total. The average Bonchev–Trinajstić information content (AvgIpc) is 1.59. The molecule has 91 heavy (non-hydrogen) atoms. The summed E-state index contributed by atoms with van der Waals surface area (Å²) >= 11 is 0. The van der Waals surface area contributed by atoms with Gasteiger partial charge in [0.25, 0.3) is 6.71 Å². The lowest BCUT2D eigenvalue weighted by molar-refractivity contribution is 0.270. The van der Waals surface area contributed by atoms with Crippen LogP contribution in [0.15, 0.2) is 182 Å². The Hall–Kier alpha value is -7.56. The summed E-state index contributed by atoms with van der Waals surface area (Å²) in [5.41, 5.74) is 31.2. The lowest BCUT2D eigenvalue weighted by Gasteiger charge is -2.53. The van der Waals surface area contributed by atoms with Gasteiger partial charge in [-0.3, -0.25) is 0 Å². The maximum Gasteiger partial charge on any atom is 0.252 e. The van der Waals surface area contributed by atoms with Crippen LogP contribution < -0.4 is 31.1 Å². The second-order valence-corrected chi connectivity index (χ2v) is 34.4. The van der Waals surface area contributed by atoms with Crippen molar-refractivity contribution < 1.29 is 0 Å². The van der Waals surface area contributed by atoms with Gasteiger partial charge in [-0.1, -0.05) is 239 Å². The Kier molecular flexibility index (Phi) is 13.0. The van der Waals surface area contributed by atoms with Gasteiger partial charge < -0.3 is 14.7 Å². The van der Waals surface area contributed by atoms with Gasteiger partial charge in [0, 0.05) is 45.4 Å². The third-order valence-electron chi connectivity index (χ3n) is 23.9. The van der Waals surface area contributed by atoms with Gasteiger partial charge in [0.2, 0.25) is 0 Å². The van der Waals surface area contributed by atoms with E-state index < -0.39 is 5.54 Å². The first kappa shape index (κ1) is 59.7. The second kappa shape index (κ2) is 19.7. The van der Waals surface area contributed by atoms with E-state index in [4.69, 9.17) is 0 Å². The molecule has 2 unspecified atom stereocenters. The molecule has 0 radical (unpaired) electrons. The zero-order valence-corrected chi connectivity index (χ0v) is 58.0. The van der Waals surface area contributed by atoms with Gasteiger partial charge >= 0.3 is 0 Å². The van der Waals surface area contributed by atoms with Crippen LogP contribution in [0.25, 0.3) is 11.1 Å². The first-order valence-electron chi connectivity index (χ1n) is 34.4. The summed E-state index contributed by atoms with van der Waals surface area (Å²) in [5, 5.41) is 0. The molecule has 3 heterocycles. The highest BCUT2D eigenvalue weighted by Gasteiger charge is 2.63. The van der Waals surface area contributed by atoms with Crippen molar-refractivity contribution in [3.63, 3.8) is 0 Å². The van der Waals surface area contributed by atoms with Crippen molar-refractivity contribution in [3.8, 4) is 11.1 Å². The number of nitrogens with zero attached hydrogens (tertiary/aromatic N) is 3. The summed E-state index contributed by atoms with van der Waals surface area (Å²) in [7, 11) is 0. The molecule has 0 bridgehead atoms. The molecule has 462 valence electrons. The predicted octanol–water partition coefficient (Wildman–Crippen LogP) is 21.3. The van der Waals surface area contributed by atoms with Crippen molar-refractivity contribution in [1.29, 1.82) is 0 Å². The van der Waals surface area contributed by atoms with Crippen LogP contribution in [0.1, 0.15) is 218 Å². The molecule has 6 aliphatic rings. The summed E-state index contributed by atoms with van der Waals surface area (Å²) in [5.74, 6) is 0. The largest absolute Gasteiger partial charge is 0.330 e. The van der Waals surface area contributed by atoms with Gasteiger partial charge in [-0.05, 0) is 227 Å². The zero-order chi connectivity index (χ0) is 64.1. The van der Waals surface area contributed by atoms with Gasteiger partial charge in [-0.25, -0.2) is 0 Å². The summed E-state index contributed by atoms with van der Waals surface area (Å²) < 4.78 is 0. The van der Waals surface area contributed by atoms with Crippen molar-refractivity contribution in [3.05, 3.63) is 243 Å². The molecule has 3 nitrogen and oxygen atoms in total. The first-order chi connectivity index (χ1) is 42.8. The van der Waals surface area contributed by atoms with E-state index in [1.165, 1.54) is 141 Å². The molecule has 2 atom stereocenters. The van der Waals surface area contributed by atoms with Gasteiger partial charge in [0.05, 0.1) is 16.6 Å². The van der Waals surface area contributed by atoms with Crippen LogP contribution in [0, 0.1) is 0 Å². The number of fused-ring (bicyclic) bond motifs is 11. The number of aryl methyl sites for hydroxylation is 1. The van der Waals surface area contributed by atoms with E-state index in [1.54, 1.807) is 0 Å². The molecule has 3 aliphatic carbocycles. The van der Waals surface area contributed by atoms with Crippen molar-refractivity contribution in [2.75, 3.05) is 14.7 Å². The van der Waals surface area contributed by atoms with E-state index in [0.717, 1.165) is 32.1 Å². The zero-order valence-electron chi connectivity index (χ0n) is 58.0. The van der Waals surface area contributed by atoms with Crippen molar-refractivity contribution in [2.24, 2.45) is 0 Å². The maximum absolute atomic E-state index is 2.82. The smallest absolute Gasteiger partial charge is 0.252 e. The molecular formula is C87H96BN3. The molecule has 0 saturated carbocycles. The number of hydrogen-bond donors (Lipinski definition) is 0. The highest BCUT2D eigenvalue weighted by atomic mass is 15.3. The highest BCUT2D eigenvalue weighted by Crippen LogP contribution is 2.67. The van der Waals surface area contributed by atoms with E-state index in [9.17, 15) is 0 Å². The van der Waals surface area contributed by atoms with Crippen molar-refractivity contribution >= 4 is 68.6 Å². The van der Waals surface area contributed by atoms with Crippen LogP contribution in [0.3, 0.4) is 0 Å². The minimum atomic E-state index is -0.516. The number of hydrogen-bond acceptors (Lipinski definition) is 3. The SMILES string of the molecule is CC(C)(C)c1ccc(N2c3cc(N4c5ccc(C(C)(C)C)cc5C5(c6ccccc6)CCc6ccccc6C45C)ccc3B3c4cc5c(cc4N(c4ccc6c(c4)C(C)(C)CCC6(C)C)c4cc(C(C)(C)C)cc2c43)C(C)(C)CCC5(C)C)c(-c2ccccc2)c1. The summed E-state index contributed by atoms with van der Waals surface area (Å²) in [6.07, 6.45) is 6.64. The van der Waals surface area contributed by atoms with Crippen LogP contribution in [0.2, 0.25) is 0 Å². The molecular weight excluding hydrogens is 1100 g/mol. The normalized spacial score (nSPS) is 21.2. The lowest BCUT2D eigenvalue weighted by Crippen LogP contribution is -2.62. The van der Waals surface area contributed by atoms with Gasteiger partial charge in [0.1, 0.15) is 0 Å². The Morgan fingerprint density at radius 2 is 0.879 bits per heavy atom. The fraction of sp³-hybridized carbons (Fsp3) is 0.379. The summed E-state index contributed by atoms with van der Waals surface area (Å²) in [6.45, 7) is 44.0. The Bertz CT molecular complexity index is 4460. The third-order valence-corrected chi connectivity index (χ3v) is 23.9. The van der Waals surface area contributed by atoms with E-state index >= 15 is 0 Å². The monoisotopic (exact) mass is 1190 g/mol. The fourth-order valence-corrected chi connectivity index (χ4v) is 18.1. The average molecular weight is 1190 g/mol. The summed E-state index contributed by atoms with van der Waals surface area (Å²) in [4.78, 5) is 8.33. The predicted molar refractivity (Wildman–Crippen MR) is 390 cm³/mol. The third kappa shape index (κ3) is 8.78. The fourth-order valence-electron chi connectivity index (χ4n) is 18.1. The molecule has 0 saturated heterocycles. The number of benzene rings is 9. The van der Waals surface area contributed by atoms with Crippen LogP contribution in [0.4, 0.5) is 45.5 Å². The van der Waals surface area contributed by atoms with E-state index in [1.807, 2.05) is 0 Å². The van der Waals surface area contributed by atoms with Crippen LogP contribution >= 0.6 is 0 Å². The molecule has 15 rings (SSSR count). The van der Waals surface area contributed by atoms with Gasteiger partial charge in [-0.2, -0.15) is 0 Å². The summed E-state index contributed by atoms with van der Waals surface area (Å²) in [6, 6.07) is 73.4. The second-order valence-electron chi connectivity index (χ2n) is 34.4. The highest BCUT2D eigenvalue weighted by molar-refractivity contribution is 7.00. The molecule has 9 aromatic rings. The lowest BCUT2D eigenvalue weighted by atomic mass is 9.33. The van der Waals surface area contributed by atoms with Crippen molar-refractivity contribution in [2.45, 2.75) is 212 Å². The first-order valence-corrected chi connectivity index (χ1v) is 34.4.